The van der Waals surface area contributed by atoms with Crippen molar-refractivity contribution in [3.8, 4) is 56.8 Å². The highest BCUT2D eigenvalue weighted by Gasteiger charge is 2.28. The molecule has 4 aromatic carbocycles. The van der Waals surface area contributed by atoms with Gasteiger partial charge in [-0.05, 0) is 53.6 Å². The number of hydrogen-bond donors (Lipinski definition) is 0. The van der Waals surface area contributed by atoms with Crippen LogP contribution >= 0.6 is 0 Å². The summed E-state index contributed by atoms with van der Waals surface area (Å²) < 4.78 is 130. The maximum Gasteiger partial charge on any atom is 0.339 e. The van der Waals surface area contributed by atoms with Crippen molar-refractivity contribution in [1.82, 2.24) is 0 Å². The molecule has 0 saturated heterocycles. The Bertz CT molecular complexity index is 2230. The second-order valence-electron chi connectivity index (χ2n) is 9.76. The largest absolute Gasteiger partial charge is 0.496 e. The van der Waals surface area contributed by atoms with Crippen LogP contribution < -0.4 is 26.2 Å². The van der Waals surface area contributed by atoms with Gasteiger partial charge in [-0.3, -0.25) is 0 Å². The fraction of sp³-hybridized carbons (Fsp3) is 0.172. The van der Waals surface area contributed by atoms with E-state index < -0.39 is 52.0 Å². The molecule has 0 aliphatic heterocycles. The van der Waals surface area contributed by atoms with Gasteiger partial charge in [-0.2, -0.15) is 33.7 Å². The molecule has 47 heavy (non-hydrogen) atoms. The Morgan fingerprint density at radius 1 is 0.489 bits per heavy atom. The quantitative estimate of drug-likeness (QED) is 0.180. The lowest BCUT2D eigenvalue weighted by Crippen LogP contribution is -2.13. The third-order valence-corrected chi connectivity index (χ3v) is 8.67. The molecular formula is C29H28O14S4. The number of benzene rings is 4. The van der Waals surface area contributed by atoms with Gasteiger partial charge in [-0.1, -0.05) is 36.4 Å². The predicted octanol–water partition coefficient (Wildman–Crippen LogP) is 3.82. The number of methoxy groups -OCH3 is 2. The van der Waals surface area contributed by atoms with Crippen molar-refractivity contribution >= 4 is 40.5 Å². The van der Waals surface area contributed by atoms with E-state index in [9.17, 15) is 33.7 Å². The van der Waals surface area contributed by atoms with Crippen LogP contribution in [0.15, 0.2) is 83.8 Å². The van der Waals surface area contributed by atoms with Gasteiger partial charge in [-0.15, -0.1) is 0 Å². The van der Waals surface area contributed by atoms with Crippen molar-refractivity contribution in [1.29, 1.82) is 0 Å². The summed E-state index contributed by atoms with van der Waals surface area (Å²) in [6.07, 6.45) is 2.41. The molecule has 0 saturated carbocycles. The Labute approximate surface area is 272 Å². The topological polar surface area (TPSA) is 192 Å². The summed E-state index contributed by atoms with van der Waals surface area (Å²) in [6, 6.07) is 17.8. The molecule has 0 radical (unpaired) electrons. The number of ether oxygens (including phenoxy) is 2. The molecule has 0 bridgehead atoms. The first-order valence-corrected chi connectivity index (χ1v) is 19.9. The Hall–Kier alpha value is -4.52. The van der Waals surface area contributed by atoms with Gasteiger partial charge in [0.15, 0.2) is 23.0 Å². The Morgan fingerprint density at radius 3 is 1.60 bits per heavy atom. The zero-order valence-corrected chi connectivity index (χ0v) is 28.6. The van der Waals surface area contributed by atoms with Crippen LogP contribution in [0.4, 0.5) is 0 Å². The molecule has 0 fully saturated rings. The molecule has 0 unspecified atom stereocenters. The molecule has 0 atom stereocenters. The monoisotopic (exact) mass is 728 g/mol. The Kier molecular flexibility index (Phi) is 10.0. The second-order valence-corrected chi connectivity index (χ2v) is 16.0. The van der Waals surface area contributed by atoms with Crippen LogP contribution in [0.2, 0.25) is 0 Å². The predicted molar refractivity (Wildman–Crippen MR) is 171 cm³/mol. The molecule has 252 valence electrons. The Balaban J connectivity index is 1.96. The highest BCUT2D eigenvalue weighted by atomic mass is 32.2. The van der Waals surface area contributed by atoms with Gasteiger partial charge in [-0.25, -0.2) is 0 Å². The van der Waals surface area contributed by atoms with Crippen molar-refractivity contribution in [2.45, 2.75) is 4.90 Å². The molecule has 4 aromatic rings. The van der Waals surface area contributed by atoms with Gasteiger partial charge in [0.05, 0.1) is 38.6 Å². The van der Waals surface area contributed by atoms with Crippen LogP contribution in [0.5, 0.6) is 34.5 Å². The third kappa shape index (κ3) is 9.06. The zero-order valence-electron chi connectivity index (χ0n) is 25.4. The summed E-state index contributed by atoms with van der Waals surface area (Å²) >= 11 is 0. The summed E-state index contributed by atoms with van der Waals surface area (Å²) in [7, 11) is -14.2. The first-order valence-electron chi connectivity index (χ1n) is 13.0. The van der Waals surface area contributed by atoms with Crippen molar-refractivity contribution in [2.75, 3.05) is 33.0 Å². The maximum atomic E-state index is 12.9. The number of hydrogen-bond acceptors (Lipinski definition) is 14. The molecule has 0 spiro atoms. The third-order valence-electron chi connectivity index (χ3n) is 5.98. The first kappa shape index (κ1) is 35.3. The minimum Gasteiger partial charge on any atom is -0.496 e. The summed E-state index contributed by atoms with van der Waals surface area (Å²) in [5.74, 6) is -1.51. The van der Waals surface area contributed by atoms with Crippen LogP contribution in [0.1, 0.15) is 0 Å². The van der Waals surface area contributed by atoms with Crippen LogP contribution in [-0.4, -0.2) is 66.7 Å². The summed E-state index contributed by atoms with van der Waals surface area (Å²) in [4.78, 5) is -0.212. The lowest BCUT2D eigenvalue weighted by atomic mass is 9.96. The minimum atomic E-state index is -4.44. The molecule has 0 aromatic heterocycles. The van der Waals surface area contributed by atoms with E-state index in [4.69, 9.17) is 26.2 Å². The van der Waals surface area contributed by atoms with E-state index in [1.807, 2.05) is 0 Å². The van der Waals surface area contributed by atoms with Crippen LogP contribution in [0, 0.1) is 0 Å². The molecule has 0 aliphatic rings. The fourth-order valence-corrected chi connectivity index (χ4v) is 6.62. The molecule has 18 heteroatoms. The smallest absolute Gasteiger partial charge is 0.339 e. The van der Waals surface area contributed by atoms with Crippen LogP contribution in [0.3, 0.4) is 0 Å². The van der Waals surface area contributed by atoms with Gasteiger partial charge in [0.1, 0.15) is 16.4 Å². The van der Waals surface area contributed by atoms with Crippen molar-refractivity contribution in [3.05, 3.63) is 78.9 Å². The molecular weight excluding hydrogens is 701 g/mol. The first-order chi connectivity index (χ1) is 21.8. The van der Waals surface area contributed by atoms with Gasteiger partial charge in [0, 0.05) is 5.56 Å². The normalized spacial score (nSPS) is 12.2. The van der Waals surface area contributed by atoms with Crippen molar-refractivity contribution in [2.24, 2.45) is 0 Å². The molecule has 0 amide bonds. The summed E-state index contributed by atoms with van der Waals surface area (Å²) in [6.45, 7) is 0. The van der Waals surface area contributed by atoms with Gasteiger partial charge >= 0.3 is 40.5 Å². The maximum absolute atomic E-state index is 12.9. The van der Waals surface area contributed by atoms with E-state index in [0.29, 0.717) is 5.56 Å². The summed E-state index contributed by atoms with van der Waals surface area (Å²) in [5, 5.41) is 0. The highest BCUT2D eigenvalue weighted by Crippen LogP contribution is 2.52. The molecule has 0 heterocycles. The van der Waals surface area contributed by atoms with E-state index in [2.05, 4.69) is 0 Å². The second kappa shape index (κ2) is 13.3. The van der Waals surface area contributed by atoms with E-state index in [1.54, 1.807) is 6.07 Å². The van der Waals surface area contributed by atoms with Crippen molar-refractivity contribution < 1.29 is 59.9 Å². The lowest BCUT2D eigenvalue weighted by Gasteiger charge is -2.21. The van der Waals surface area contributed by atoms with Crippen molar-refractivity contribution in [3.63, 3.8) is 0 Å². The van der Waals surface area contributed by atoms with Crippen LogP contribution in [0.25, 0.3) is 22.3 Å². The average Bonchev–Trinajstić information content (AvgIpc) is 2.96. The molecule has 14 nitrogen and oxygen atoms in total. The average molecular weight is 729 g/mol. The standard InChI is InChI=1S/C29H28O14S4/c1-38-26-18-23(19-11-14-21(15-12-19)40-44(3,30)31)28(39-2)29(43-46(5,34)35)27(26)20-13-16-24(25(17-20)41-45(4,32)33)42-47(36,37)22-9-7-6-8-10-22/h6-18H,1-5H3. The van der Waals surface area contributed by atoms with Gasteiger partial charge in [0.2, 0.25) is 0 Å². The van der Waals surface area contributed by atoms with E-state index in [-0.39, 0.29) is 44.6 Å². The lowest BCUT2D eigenvalue weighted by molar-refractivity contribution is 0.386. The summed E-state index contributed by atoms with van der Waals surface area (Å²) in [5.41, 5.74) is 0.651. The molecule has 4 rings (SSSR count). The van der Waals surface area contributed by atoms with Crippen LogP contribution in [-0.2, 0) is 40.5 Å². The molecule has 0 aliphatic carbocycles. The van der Waals surface area contributed by atoms with Gasteiger partial charge in [0.25, 0.3) is 0 Å². The Morgan fingerprint density at radius 2 is 1.06 bits per heavy atom. The zero-order chi connectivity index (χ0) is 34.8. The minimum absolute atomic E-state index is 0.00629. The molecule has 0 N–H and O–H groups in total. The highest BCUT2D eigenvalue weighted by molar-refractivity contribution is 7.87. The van der Waals surface area contributed by atoms with E-state index in [0.717, 1.165) is 30.9 Å². The van der Waals surface area contributed by atoms with Gasteiger partial charge < -0.3 is 26.2 Å². The van der Waals surface area contributed by atoms with E-state index in [1.165, 1.54) is 74.9 Å². The SMILES string of the molecule is COc1cc(-c2ccc(OS(C)(=O)=O)cc2)c(OC)c(OS(C)(=O)=O)c1-c1ccc(OS(=O)(=O)c2ccccc2)c(OS(C)(=O)=O)c1. The fourth-order valence-electron chi connectivity index (χ4n) is 4.28. The number of rotatable bonds is 13. The van der Waals surface area contributed by atoms with E-state index >= 15 is 0 Å².